The number of halogens is 1. The van der Waals surface area contributed by atoms with Gasteiger partial charge in [-0.2, -0.15) is 0 Å². The van der Waals surface area contributed by atoms with Gasteiger partial charge in [0.1, 0.15) is 5.82 Å². The van der Waals surface area contributed by atoms with Crippen molar-refractivity contribution in [2.24, 2.45) is 17.8 Å². The summed E-state index contributed by atoms with van der Waals surface area (Å²) in [5, 5.41) is 12.7. The van der Waals surface area contributed by atoms with E-state index in [1.165, 1.54) is 13.5 Å². The molecule has 0 bridgehead atoms. The normalized spacial score (nSPS) is 29.8. The first-order valence-corrected chi connectivity index (χ1v) is 19.9. The lowest BCUT2D eigenvalue weighted by atomic mass is 9.57. The SMILES string of the molecule is COC(=O)N[C@H]1CCC[C@@H]1[C@](CN1CCC1)(c1cccc(F)c1)C1CCN(CC2CN(c3ccc(S(=O)(=O)[C@H]4C[C@@](C)(O)C4)cc3)C2)CC1. The molecule has 5 fully saturated rings. The van der Waals surface area contributed by atoms with Gasteiger partial charge in [-0.1, -0.05) is 18.6 Å². The van der Waals surface area contributed by atoms with Crippen molar-refractivity contribution >= 4 is 21.6 Å². The smallest absolute Gasteiger partial charge is 0.407 e. The summed E-state index contributed by atoms with van der Waals surface area (Å²) in [6, 6.07) is 14.6. The van der Waals surface area contributed by atoms with Crippen LogP contribution in [0.15, 0.2) is 53.4 Å². The van der Waals surface area contributed by atoms with Crippen LogP contribution in [0.25, 0.3) is 0 Å². The Kier molecular flexibility index (Phi) is 9.75. The van der Waals surface area contributed by atoms with Crippen LogP contribution in [0.5, 0.6) is 0 Å². The maximum atomic E-state index is 14.9. The van der Waals surface area contributed by atoms with E-state index >= 15 is 0 Å². The molecule has 0 spiro atoms. The van der Waals surface area contributed by atoms with Crippen molar-refractivity contribution in [3.8, 4) is 0 Å². The number of ether oxygens (including phenoxy) is 1. The van der Waals surface area contributed by atoms with Gasteiger partial charge < -0.3 is 29.9 Å². The molecule has 3 atom stereocenters. The number of nitrogens with one attached hydrogen (secondary N) is 1. The van der Waals surface area contributed by atoms with E-state index in [9.17, 15) is 22.7 Å². The number of nitrogens with zero attached hydrogens (tertiary/aromatic N) is 3. The number of rotatable bonds is 11. The van der Waals surface area contributed by atoms with Gasteiger partial charge in [-0.15, -0.1) is 0 Å². The molecule has 2 aliphatic carbocycles. The molecular formula is C38H53FN4O5S. The summed E-state index contributed by atoms with van der Waals surface area (Å²) in [6.07, 6.45) is 6.42. The number of hydrogen-bond donors (Lipinski definition) is 2. The van der Waals surface area contributed by atoms with Crippen LogP contribution >= 0.6 is 0 Å². The summed E-state index contributed by atoms with van der Waals surface area (Å²) in [4.78, 5) is 20.2. The molecule has 49 heavy (non-hydrogen) atoms. The molecule has 2 saturated carbocycles. The summed E-state index contributed by atoms with van der Waals surface area (Å²) in [7, 11) is -2.00. The number of hydrogen-bond acceptors (Lipinski definition) is 8. The molecule has 7 rings (SSSR count). The summed E-state index contributed by atoms with van der Waals surface area (Å²) >= 11 is 0. The zero-order chi connectivity index (χ0) is 34.4. The first-order chi connectivity index (χ1) is 23.5. The van der Waals surface area contributed by atoms with Crippen LogP contribution in [0.4, 0.5) is 14.9 Å². The van der Waals surface area contributed by atoms with Gasteiger partial charge in [0.15, 0.2) is 9.84 Å². The molecule has 2 aromatic rings. The average Bonchev–Trinajstić information content (AvgIpc) is 3.50. The molecule has 0 aromatic heterocycles. The minimum absolute atomic E-state index is 0.000266. The van der Waals surface area contributed by atoms with Gasteiger partial charge in [0.25, 0.3) is 0 Å². The Balaban J connectivity index is 1.000. The van der Waals surface area contributed by atoms with E-state index in [0.29, 0.717) is 29.6 Å². The number of piperidine rings is 1. The van der Waals surface area contributed by atoms with Crippen LogP contribution in [-0.2, 0) is 20.0 Å². The topological polar surface area (TPSA) is 102 Å². The molecule has 1 amide bonds. The molecular weight excluding hydrogens is 644 g/mol. The molecule has 268 valence electrons. The maximum absolute atomic E-state index is 14.9. The lowest BCUT2D eigenvalue weighted by Gasteiger charge is -2.54. The highest BCUT2D eigenvalue weighted by Gasteiger charge is 2.53. The average molecular weight is 697 g/mol. The molecule has 5 aliphatic rings. The third kappa shape index (κ3) is 6.97. The monoisotopic (exact) mass is 696 g/mol. The molecule has 3 heterocycles. The van der Waals surface area contributed by atoms with E-state index < -0.39 is 20.7 Å². The minimum Gasteiger partial charge on any atom is -0.453 e. The number of methoxy groups -OCH3 is 1. The lowest BCUT2D eigenvalue weighted by Crippen LogP contribution is -2.60. The highest BCUT2D eigenvalue weighted by molar-refractivity contribution is 7.92. The van der Waals surface area contributed by atoms with E-state index in [1.54, 1.807) is 31.2 Å². The Hall–Kier alpha value is -2.73. The third-order valence-electron chi connectivity index (χ3n) is 12.6. The second kappa shape index (κ2) is 13.8. The zero-order valence-electron chi connectivity index (χ0n) is 29.0. The van der Waals surface area contributed by atoms with Crippen molar-refractivity contribution in [3.63, 3.8) is 0 Å². The standard InChI is InChI=1S/C38H53FN4O5S/c1-37(45)21-33(22-37)49(46,47)32-12-10-31(11-13-32)43-24-27(25-43)23-41-18-14-28(15-19-41)38(26-42-16-5-17-42,29-6-3-7-30(39)20-29)34-8-4-9-35(34)40-36(44)48-2/h3,6-7,10-13,20,27-28,33-35,45H,4-5,8-9,14-19,21-26H2,1-2H3,(H,40,44)/t33-,34-,35-,37+,38-/m0/s1. The van der Waals surface area contributed by atoms with E-state index in [1.807, 2.05) is 18.2 Å². The number of alkyl carbamates (subject to hydrolysis) is 1. The molecule has 9 nitrogen and oxygen atoms in total. The quantitative estimate of drug-likeness (QED) is 0.345. The number of anilines is 1. The first-order valence-electron chi connectivity index (χ1n) is 18.3. The van der Waals surface area contributed by atoms with Crippen molar-refractivity contribution in [2.45, 2.75) is 85.5 Å². The third-order valence-corrected chi connectivity index (χ3v) is 14.7. The number of amides is 1. The molecule has 11 heteroatoms. The highest BCUT2D eigenvalue weighted by atomic mass is 32.2. The Morgan fingerprint density at radius 3 is 2.33 bits per heavy atom. The highest BCUT2D eigenvalue weighted by Crippen LogP contribution is 2.51. The number of aliphatic hydroxyl groups is 1. The van der Waals surface area contributed by atoms with Gasteiger partial charge in [-0.25, -0.2) is 17.6 Å². The minimum atomic E-state index is -3.42. The van der Waals surface area contributed by atoms with Crippen molar-refractivity contribution in [1.29, 1.82) is 0 Å². The van der Waals surface area contributed by atoms with Gasteiger partial charge in [-0.05, 0) is 132 Å². The molecule has 2 aromatic carbocycles. The number of likely N-dealkylation sites (tertiary alicyclic amines) is 2. The van der Waals surface area contributed by atoms with Crippen molar-refractivity contribution in [3.05, 3.63) is 59.9 Å². The largest absolute Gasteiger partial charge is 0.453 e. The van der Waals surface area contributed by atoms with Gasteiger partial charge in [0.2, 0.25) is 0 Å². The predicted molar refractivity (Wildman–Crippen MR) is 188 cm³/mol. The predicted octanol–water partition coefficient (Wildman–Crippen LogP) is 4.83. The molecule has 2 N–H and O–H groups in total. The number of benzene rings is 2. The fourth-order valence-corrected chi connectivity index (χ4v) is 11.9. The van der Waals surface area contributed by atoms with Crippen LogP contribution in [0.2, 0.25) is 0 Å². The van der Waals surface area contributed by atoms with Gasteiger partial charge in [0, 0.05) is 49.2 Å². The fourth-order valence-electron chi connectivity index (χ4n) is 9.81. The molecule has 0 radical (unpaired) electrons. The summed E-state index contributed by atoms with van der Waals surface area (Å²) in [5.74, 6) is 0.928. The van der Waals surface area contributed by atoms with E-state index in [2.05, 4.69) is 26.1 Å². The molecule has 3 saturated heterocycles. The van der Waals surface area contributed by atoms with Crippen LogP contribution in [0, 0.1) is 23.6 Å². The summed E-state index contributed by atoms with van der Waals surface area (Å²) < 4.78 is 45.9. The molecule has 3 aliphatic heterocycles. The van der Waals surface area contributed by atoms with Crippen molar-refractivity contribution < 1.29 is 27.4 Å². The van der Waals surface area contributed by atoms with Gasteiger partial charge in [0.05, 0.1) is 22.9 Å². The van der Waals surface area contributed by atoms with Crippen LogP contribution in [0.1, 0.15) is 63.9 Å². The first kappa shape index (κ1) is 34.7. The van der Waals surface area contributed by atoms with Gasteiger partial charge >= 0.3 is 6.09 Å². The Morgan fingerprint density at radius 2 is 1.71 bits per heavy atom. The van der Waals surface area contributed by atoms with Crippen molar-refractivity contribution in [2.75, 3.05) is 64.4 Å². The van der Waals surface area contributed by atoms with Crippen LogP contribution in [0.3, 0.4) is 0 Å². The second-order valence-electron chi connectivity index (χ2n) is 15.9. The number of carbonyl (C=O) groups excluding carboxylic acids is 1. The van der Waals surface area contributed by atoms with Crippen LogP contribution in [-0.4, -0.2) is 106 Å². The Morgan fingerprint density at radius 1 is 1.00 bits per heavy atom. The van der Waals surface area contributed by atoms with Crippen LogP contribution < -0.4 is 10.2 Å². The number of sulfone groups is 1. The lowest BCUT2D eigenvalue weighted by molar-refractivity contribution is -0.0116. The number of carbonyl (C=O) groups is 1. The zero-order valence-corrected chi connectivity index (χ0v) is 29.8. The maximum Gasteiger partial charge on any atom is 0.407 e. The van der Waals surface area contributed by atoms with Crippen molar-refractivity contribution in [1.82, 2.24) is 15.1 Å². The Labute approximate surface area is 291 Å². The molecule has 0 unspecified atom stereocenters. The Bertz CT molecular complexity index is 1580. The van der Waals surface area contributed by atoms with E-state index in [-0.39, 0.29) is 29.3 Å². The van der Waals surface area contributed by atoms with E-state index in [0.717, 1.165) is 95.7 Å². The van der Waals surface area contributed by atoms with Gasteiger partial charge in [-0.3, -0.25) is 0 Å². The summed E-state index contributed by atoms with van der Waals surface area (Å²) in [6.45, 7) is 9.65. The fraction of sp³-hybridized carbons (Fsp3) is 0.658. The second-order valence-corrected chi connectivity index (χ2v) is 18.1. The van der Waals surface area contributed by atoms with E-state index in [4.69, 9.17) is 4.74 Å². The summed E-state index contributed by atoms with van der Waals surface area (Å²) in [5.41, 5.74) is 0.988.